The Labute approximate surface area is 153 Å². The zero-order chi connectivity index (χ0) is 19.1. The molecule has 1 N–H and O–H groups in total. The molecule has 1 aliphatic carbocycles. The first-order valence-corrected chi connectivity index (χ1v) is 9.95. The van der Waals surface area contributed by atoms with Crippen molar-refractivity contribution in [1.82, 2.24) is 9.46 Å². The molecule has 7 nitrogen and oxygen atoms in total. The number of carbonyl (C=O) groups excluding carboxylic acids is 1. The van der Waals surface area contributed by atoms with Crippen molar-refractivity contribution in [1.29, 1.82) is 0 Å². The fourth-order valence-electron chi connectivity index (χ4n) is 3.21. The number of rotatable bonds is 6. The molecule has 1 aromatic heterocycles. The van der Waals surface area contributed by atoms with Crippen molar-refractivity contribution < 1.29 is 17.7 Å². The summed E-state index contributed by atoms with van der Waals surface area (Å²) in [6, 6.07) is 5.15. The highest BCUT2D eigenvalue weighted by atomic mass is 32.2. The molecular weight excluding hydrogens is 354 g/mol. The second-order valence-corrected chi connectivity index (χ2v) is 8.71. The minimum absolute atomic E-state index is 0.134. The molecule has 0 saturated heterocycles. The maximum atomic E-state index is 13.3. The van der Waals surface area contributed by atoms with Gasteiger partial charge < -0.3 is 9.84 Å². The number of benzene rings is 1. The molecule has 1 saturated carbocycles. The van der Waals surface area contributed by atoms with Gasteiger partial charge in [0.15, 0.2) is 5.82 Å². The van der Waals surface area contributed by atoms with Crippen LogP contribution in [0.4, 0.5) is 5.82 Å². The summed E-state index contributed by atoms with van der Waals surface area (Å²) >= 11 is 0. The number of carbonyl (C=O) groups is 1. The Morgan fingerprint density at radius 1 is 1.19 bits per heavy atom. The number of aryl methyl sites for hydroxylation is 4. The quantitative estimate of drug-likeness (QED) is 0.835. The summed E-state index contributed by atoms with van der Waals surface area (Å²) in [6.07, 6.45) is 1.53. The monoisotopic (exact) mass is 377 g/mol. The highest BCUT2D eigenvalue weighted by Gasteiger charge is 2.40. The predicted octanol–water partition coefficient (Wildman–Crippen LogP) is 2.70. The molecule has 1 aliphatic rings. The number of hydrogen-bond acceptors (Lipinski definition) is 5. The van der Waals surface area contributed by atoms with E-state index in [1.54, 1.807) is 26.8 Å². The molecule has 26 heavy (non-hydrogen) atoms. The van der Waals surface area contributed by atoms with Crippen molar-refractivity contribution >= 4 is 21.7 Å². The molecule has 0 atom stereocenters. The van der Waals surface area contributed by atoms with Crippen LogP contribution in [-0.4, -0.2) is 36.4 Å². The fourth-order valence-corrected chi connectivity index (χ4v) is 5.27. The number of hydrogen-bond donors (Lipinski definition) is 1. The van der Waals surface area contributed by atoms with Gasteiger partial charge in [-0.3, -0.25) is 4.79 Å². The van der Waals surface area contributed by atoms with Gasteiger partial charge in [-0.05, 0) is 51.7 Å². The van der Waals surface area contributed by atoms with Gasteiger partial charge in [-0.15, -0.1) is 0 Å². The molecule has 0 unspecified atom stereocenters. The number of sulfonamides is 1. The highest BCUT2D eigenvalue weighted by molar-refractivity contribution is 7.89. The standard InChI is InChI=1S/C18H23N3O4S/c1-11-7-12(2)18(13(3)8-11)26(23,24)21(15-5-6-15)10-17(22)19-16-9-14(4)25-20-16/h7-9,15H,5-6,10H2,1-4H3,(H,19,20,22). The van der Waals surface area contributed by atoms with Gasteiger partial charge in [0.25, 0.3) is 0 Å². The van der Waals surface area contributed by atoms with Crippen molar-refractivity contribution in [2.45, 2.75) is 51.5 Å². The van der Waals surface area contributed by atoms with Crippen molar-refractivity contribution in [2.75, 3.05) is 11.9 Å². The normalized spacial score (nSPS) is 14.7. The highest BCUT2D eigenvalue weighted by Crippen LogP contribution is 2.34. The molecule has 0 radical (unpaired) electrons. The lowest BCUT2D eigenvalue weighted by Crippen LogP contribution is -2.40. The number of aromatic nitrogens is 1. The first-order chi connectivity index (χ1) is 12.2. The number of amides is 1. The number of nitrogens with zero attached hydrogens (tertiary/aromatic N) is 2. The first-order valence-electron chi connectivity index (χ1n) is 8.51. The summed E-state index contributed by atoms with van der Waals surface area (Å²) in [5.74, 6) is 0.414. The third-order valence-corrected chi connectivity index (χ3v) is 6.52. The van der Waals surface area contributed by atoms with Crippen LogP contribution in [-0.2, 0) is 14.8 Å². The van der Waals surface area contributed by atoms with E-state index in [0.29, 0.717) is 21.8 Å². The molecule has 0 spiro atoms. The van der Waals surface area contributed by atoms with Gasteiger partial charge in [-0.1, -0.05) is 22.9 Å². The van der Waals surface area contributed by atoms with Crippen molar-refractivity contribution in [3.8, 4) is 0 Å². The average Bonchev–Trinajstić information content (AvgIpc) is 3.26. The van der Waals surface area contributed by atoms with Crippen LogP contribution >= 0.6 is 0 Å². The van der Waals surface area contributed by atoms with E-state index in [9.17, 15) is 13.2 Å². The molecule has 1 heterocycles. The molecule has 1 amide bonds. The van der Waals surface area contributed by atoms with E-state index in [2.05, 4.69) is 10.5 Å². The largest absolute Gasteiger partial charge is 0.360 e. The minimum atomic E-state index is -3.77. The third kappa shape index (κ3) is 3.81. The Hall–Kier alpha value is -2.19. The van der Waals surface area contributed by atoms with Crippen molar-refractivity contribution in [3.63, 3.8) is 0 Å². The van der Waals surface area contributed by atoms with E-state index in [1.807, 2.05) is 19.1 Å². The Morgan fingerprint density at radius 2 is 1.81 bits per heavy atom. The first kappa shape index (κ1) is 18.6. The third-order valence-electron chi connectivity index (χ3n) is 4.32. The molecule has 1 fully saturated rings. The Morgan fingerprint density at radius 3 is 2.31 bits per heavy atom. The zero-order valence-electron chi connectivity index (χ0n) is 15.4. The van der Waals surface area contributed by atoms with Gasteiger partial charge in [-0.2, -0.15) is 4.31 Å². The van der Waals surface area contributed by atoms with E-state index in [0.717, 1.165) is 18.4 Å². The van der Waals surface area contributed by atoms with Crippen LogP contribution in [0, 0.1) is 27.7 Å². The van der Waals surface area contributed by atoms with E-state index in [-0.39, 0.29) is 18.4 Å². The number of nitrogens with one attached hydrogen (secondary N) is 1. The summed E-state index contributed by atoms with van der Waals surface area (Å²) in [5, 5.41) is 6.29. The van der Waals surface area contributed by atoms with Crippen LogP contribution < -0.4 is 5.32 Å². The Kier molecular flexibility index (Phi) is 4.90. The van der Waals surface area contributed by atoms with Gasteiger partial charge in [0.2, 0.25) is 15.9 Å². The molecule has 2 aromatic rings. The lowest BCUT2D eigenvalue weighted by atomic mass is 10.1. The van der Waals surface area contributed by atoms with Crippen LogP contribution in [0.15, 0.2) is 27.6 Å². The number of anilines is 1. The average molecular weight is 377 g/mol. The molecule has 8 heteroatoms. The Balaban J connectivity index is 1.86. The fraction of sp³-hybridized carbons (Fsp3) is 0.444. The van der Waals surface area contributed by atoms with Gasteiger partial charge in [-0.25, -0.2) is 8.42 Å². The summed E-state index contributed by atoms with van der Waals surface area (Å²) < 4.78 is 32.8. The van der Waals surface area contributed by atoms with Gasteiger partial charge in [0.1, 0.15) is 5.76 Å². The second kappa shape index (κ2) is 6.85. The maximum absolute atomic E-state index is 13.3. The summed E-state index contributed by atoms with van der Waals surface area (Å²) in [7, 11) is -3.77. The van der Waals surface area contributed by atoms with Gasteiger partial charge in [0, 0.05) is 12.1 Å². The van der Waals surface area contributed by atoms with Crippen LogP contribution in [0.2, 0.25) is 0 Å². The lowest BCUT2D eigenvalue weighted by Gasteiger charge is -2.23. The smallest absolute Gasteiger partial charge is 0.244 e. The minimum Gasteiger partial charge on any atom is -0.360 e. The molecule has 0 aliphatic heterocycles. The SMILES string of the molecule is Cc1cc(C)c(S(=O)(=O)N(CC(=O)Nc2cc(C)on2)C2CC2)c(C)c1. The Bertz CT molecular complexity index is 922. The predicted molar refractivity (Wildman–Crippen MR) is 97.4 cm³/mol. The second-order valence-electron chi connectivity index (χ2n) is 6.88. The topological polar surface area (TPSA) is 92.5 Å². The van der Waals surface area contributed by atoms with Crippen LogP contribution in [0.25, 0.3) is 0 Å². The molecule has 3 rings (SSSR count). The molecule has 1 aromatic carbocycles. The van der Waals surface area contributed by atoms with E-state index >= 15 is 0 Å². The molecule has 0 bridgehead atoms. The zero-order valence-corrected chi connectivity index (χ0v) is 16.2. The summed E-state index contributed by atoms with van der Waals surface area (Å²) in [4.78, 5) is 12.7. The molecular formula is C18H23N3O4S. The van der Waals surface area contributed by atoms with Gasteiger partial charge in [0.05, 0.1) is 11.4 Å². The van der Waals surface area contributed by atoms with Crippen LogP contribution in [0.1, 0.15) is 35.3 Å². The maximum Gasteiger partial charge on any atom is 0.244 e. The van der Waals surface area contributed by atoms with Crippen molar-refractivity contribution in [2.24, 2.45) is 0 Å². The van der Waals surface area contributed by atoms with E-state index in [1.165, 1.54) is 4.31 Å². The lowest BCUT2D eigenvalue weighted by molar-refractivity contribution is -0.116. The molecule has 140 valence electrons. The van der Waals surface area contributed by atoms with Crippen LogP contribution in [0.3, 0.4) is 0 Å². The van der Waals surface area contributed by atoms with E-state index in [4.69, 9.17) is 4.52 Å². The van der Waals surface area contributed by atoms with Gasteiger partial charge >= 0.3 is 0 Å². The summed E-state index contributed by atoms with van der Waals surface area (Å²) in [6.45, 7) is 6.98. The summed E-state index contributed by atoms with van der Waals surface area (Å²) in [5.41, 5.74) is 2.40. The van der Waals surface area contributed by atoms with E-state index < -0.39 is 15.9 Å². The van der Waals surface area contributed by atoms with Crippen molar-refractivity contribution in [3.05, 3.63) is 40.6 Å². The van der Waals surface area contributed by atoms with Crippen LogP contribution in [0.5, 0.6) is 0 Å².